The number of amides is 4. The van der Waals surface area contributed by atoms with Crippen molar-refractivity contribution in [1.29, 1.82) is 0 Å². The van der Waals surface area contributed by atoms with Crippen molar-refractivity contribution in [2.45, 2.75) is 215 Å². The van der Waals surface area contributed by atoms with Crippen molar-refractivity contribution in [3.63, 3.8) is 0 Å². The zero-order chi connectivity index (χ0) is 57.0. The number of carbonyl (C=O) groups is 8. The number of rotatable bonds is 27. The number of esters is 4. The van der Waals surface area contributed by atoms with Crippen LogP contribution in [0.5, 0.6) is 5.75 Å². The summed E-state index contributed by atoms with van der Waals surface area (Å²) >= 11 is 0. The Morgan fingerprint density at radius 3 is 1.60 bits per heavy atom. The Hall–Kier alpha value is -6.04. The van der Waals surface area contributed by atoms with Gasteiger partial charge in [-0.15, -0.1) is 0 Å². The minimum atomic E-state index is -1.10. The van der Waals surface area contributed by atoms with Crippen LogP contribution in [0.25, 0.3) is 0 Å². The first-order chi connectivity index (χ1) is 34.5. The molecule has 2 rings (SSSR count). The van der Waals surface area contributed by atoms with E-state index in [9.17, 15) is 38.4 Å². The summed E-state index contributed by atoms with van der Waals surface area (Å²) in [5, 5.41) is 11.5. The summed E-state index contributed by atoms with van der Waals surface area (Å²) in [5.41, 5.74) is 4.30. The molecule has 0 radical (unpaired) electrons. The zero-order valence-corrected chi connectivity index (χ0v) is 47.5. The molecule has 18 heteroatoms. The van der Waals surface area contributed by atoms with Crippen LogP contribution >= 0.6 is 0 Å². The fourth-order valence-corrected chi connectivity index (χ4v) is 7.46. The van der Waals surface area contributed by atoms with Gasteiger partial charge in [-0.25, -0.2) is 9.59 Å². The van der Waals surface area contributed by atoms with Crippen LogP contribution < -0.4 is 31.7 Å². The van der Waals surface area contributed by atoms with E-state index in [1.807, 2.05) is 51.1 Å². The maximum absolute atomic E-state index is 13.6. The lowest BCUT2D eigenvalue weighted by Gasteiger charge is -2.32. The molecule has 0 bridgehead atoms. The third-order valence-corrected chi connectivity index (χ3v) is 11.0. The lowest BCUT2D eigenvalue weighted by molar-refractivity contribution is -0.161. The molecule has 0 heterocycles. The fourth-order valence-electron chi connectivity index (χ4n) is 7.46. The van der Waals surface area contributed by atoms with Crippen LogP contribution in [-0.2, 0) is 65.4 Å². The minimum absolute atomic E-state index is 0.0175. The van der Waals surface area contributed by atoms with Crippen molar-refractivity contribution in [3.05, 3.63) is 65.7 Å². The number of nitrogens with one attached hydrogen (secondary N) is 4. The Morgan fingerprint density at radius 1 is 0.547 bits per heavy atom. The molecule has 0 unspecified atom stereocenters. The van der Waals surface area contributed by atoms with Crippen molar-refractivity contribution in [2.75, 3.05) is 13.2 Å². The maximum Gasteiger partial charge on any atom is 0.329 e. The van der Waals surface area contributed by atoms with E-state index in [0.29, 0.717) is 37.1 Å². The standard InChI is InChI=1S/C57H89N5O13/c1-53(2,3)45(62-52(70)61-42(51(69)75-57(13,14)15)29-31-48(66)73-55(7,8)9)23-19-20-32-59-49(67)43(34-37-21-17-16-18-22-37)60-46(64)36-71-40-26-24-38(25-27-40)33-39(50(68)74-56(10,11)12)35-44(63)41(58)28-30-47(65)72-54(4,5)6/h16-18,21-22,24-27,39,41-43,45H,19-20,23,28-36,58H2,1-15H3,(H,59,67)(H,60,64)(H2,61,62,70)/t39-,41+,42+,43+,45+/m1/s1. The van der Waals surface area contributed by atoms with Gasteiger partial charge in [0.15, 0.2) is 6.61 Å². The van der Waals surface area contributed by atoms with E-state index >= 15 is 0 Å². The normalized spacial score (nSPS) is 14.1. The maximum atomic E-state index is 13.6. The molecular weight excluding hydrogens is 963 g/mol. The van der Waals surface area contributed by atoms with Gasteiger partial charge < -0.3 is 50.7 Å². The van der Waals surface area contributed by atoms with Gasteiger partial charge in [0.1, 0.15) is 46.0 Å². The van der Waals surface area contributed by atoms with Gasteiger partial charge >= 0.3 is 29.9 Å². The highest BCUT2D eigenvalue weighted by Crippen LogP contribution is 2.25. The third-order valence-electron chi connectivity index (χ3n) is 11.0. The van der Waals surface area contributed by atoms with E-state index in [1.165, 1.54) is 0 Å². The molecular formula is C57H89N5O13. The second-order valence-corrected chi connectivity index (χ2v) is 24.1. The smallest absolute Gasteiger partial charge is 0.329 e. The highest BCUT2D eigenvalue weighted by molar-refractivity contribution is 5.89. The predicted octanol–water partition coefficient (Wildman–Crippen LogP) is 7.53. The van der Waals surface area contributed by atoms with Crippen molar-refractivity contribution in [3.8, 4) is 5.75 Å². The Labute approximate surface area is 445 Å². The third kappa shape index (κ3) is 29.0. The summed E-state index contributed by atoms with van der Waals surface area (Å²) < 4.78 is 27.7. The first-order valence-electron chi connectivity index (χ1n) is 26.1. The number of ether oxygens (including phenoxy) is 5. The molecule has 4 amide bonds. The summed E-state index contributed by atoms with van der Waals surface area (Å²) in [6.07, 6.45) is 1.79. The van der Waals surface area contributed by atoms with Gasteiger partial charge in [-0.2, -0.15) is 0 Å². The molecule has 2 aromatic carbocycles. The van der Waals surface area contributed by atoms with Crippen LogP contribution in [0.3, 0.4) is 0 Å². The Kier molecular flexibility index (Phi) is 25.4. The lowest BCUT2D eigenvalue weighted by Crippen LogP contribution is -2.53. The van der Waals surface area contributed by atoms with Gasteiger partial charge in [0.25, 0.3) is 5.91 Å². The van der Waals surface area contributed by atoms with Crippen LogP contribution in [0.1, 0.15) is 166 Å². The summed E-state index contributed by atoms with van der Waals surface area (Å²) in [4.78, 5) is 105. The fraction of sp³-hybridized carbons (Fsp3) is 0.649. The van der Waals surface area contributed by atoms with Crippen LogP contribution in [0.15, 0.2) is 54.6 Å². The molecule has 0 saturated carbocycles. The minimum Gasteiger partial charge on any atom is -0.484 e. The molecule has 18 nitrogen and oxygen atoms in total. The number of hydrogen-bond donors (Lipinski definition) is 5. The molecule has 0 aromatic heterocycles. The van der Waals surface area contributed by atoms with Gasteiger partial charge in [0, 0.05) is 38.3 Å². The molecule has 5 atom stereocenters. The summed E-state index contributed by atoms with van der Waals surface area (Å²) in [5.74, 6) is -4.01. The first-order valence-corrected chi connectivity index (χ1v) is 26.1. The quantitative estimate of drug-likeness (QED) is 0.0329. The van der Waals surface area contributed by atoms with Crippen molar-refractivity contribution >= 4 is 47.5 Å². The van der Waals surface area contributed by atoms with Gasteiger partial charge in [-0.05, 0) is 150 Å². The molecule has 0 saturated heterocycles. The number of Topliss-reactive ketones (excluding diaryl/α,β-unsaturated/α-hetero) is 1. The molecule has 0 aliphatic heterocycles. The van der Waals surface area contributed by atoms with Gasteiger partial charge in [0.2, 0.25) is 5.91 Å². The number of benzene rings is 2. The first kappa shape index (κ1) is 65.1. The Balaban J connectivity index is 2.04. The van der Waals surface area contributed by atoms with E-state index in [-0.39, 0.29) is 68.1 Å². The topological polar surface area (TPSA) is 257 Å². The van der Waals surface area contributed by atoms with Crippen molar-refractivity contribution < 1.29 is 62.0 Å². The van der Waals surface area contributed by atoms with Crippen LogP contribution in [-0.4, -0.2) is 107 Å². The van der Waals surface area contributed by atoms with E-state index < -0.39 is 88.9 Å². The van der Waals surface area contributed by atoms with Crippen LogP contribution in [0.2, 0.25) is 0 Å². The SMILES string of the molecule is CC(C)(C)OC(=O)CC[C@H](NC(=O)N[C@@H](CCCCNC(=O)[C@H](Cc1ccccc1)NC(=O)COc1ccc(C[C@H](CC(=O)[C@@H](N)CCC(=O)OC(C)(C)C)C(=O)OC(C)(C)C)cc1)C(C)(C)C)C(=O)OC(C)(C)C. The molecule has 420 valence electrons. The number of hydrogen-bond acceptors (Lipinski definition) is 14. The average molecular weight is 1050 g/mol. The lowest BCUT2D eigenvalue weighted by atomic mass is 9.84. The molecule has 2 aromatic rings. The second-order valence-electron chi connectivity index (χ2n) is 24.1. The molecule has 0 aliphatic rings. The average Bonchev–Trinajstić information content (AvgIpc) is 3.25. The molecule has 0 fully saturated rings. The molecule has 0 spiro atoms. The second kappa shape index (κ2) is 29.3. The molecule has 75 heavy (non-hydrogen) atoms. The number of unbranched alkanes of at least 4 members (excludes halogenated alkanes) is 1. The monoisotopic (exact) mass is 1050 g/mol. The zero-order valence-electron chi connectivity index (χ0n) is 47.5. The Morgan fingerprint density at radius 2 is 1.07 bits per heavy atom. The molecule has 6 N–H and O–H groups in total. The predicted molar refractivity (Wildman–Crippen MR) is 286 cm³/mol. The van der Waals surface area contributed by atoms with Gasteiger partial charge in [-0.3, -0.25) is 28.8 Å². The van der Waals surface area contributed by atoms with Crippen LogP contribution in [0, 0.1) is 11.3 Å². The Bertz CT molecular complexity index is 2180. The molecule has 0 aliphatic carbocycles. The summed E-state index contributed by atoms with van der Waals surface area (Å²) in [6, 6.07) is 12.1. The van der Waals surface area contributed by atoms with Crippen molar-refractivity contribution in [2.24, 2.45) is 17.1 Å². The van der Waals surface area contributed by atoms with E-state index in [0.717, 1.165) is 5.56 Å². The summed E-state index contributed by atoms with van der Waals surface area (Å²) in [6.45, 7) is 26.7. The van der Waals surface area contributed by atoms with Gasteiger partial charge in [-0.1, -0.05) is 63.2 Å². The number of carbonyl (C=O) groups excluding carboxylic acids is 8. The van der Waals surface area contributed by atoms with Gasteiger partial charge in [0.05, 0.1) is 12.0 Å². The number of urea groups is 1. The highest BCUT2D eigenvalue weighted by atomic mass is 16.6. The van der Waals surface area contributed by atoms with E-state index in [1.54, 1.807) is 107 Å². The highest BCUT2D eigenvalue weighted by Gasteiger charge is 2.33. The van der Waals surface area contributed by atoms with E-state index in [2.05, 4.69) is 21.3 Å². The van der Waals surface area contributed by atoms with Crippen LogP contribution in [0.4, 0.5) is 4.79 Å². The summed E-state index contributed by atoms with van der Waals surface area (Å²) in [7, 11) is 0. The van der Waals surface area contributed by atoms with E-state index in [4.69, 9.17) is 29.4 Å². The van der Waals surface area contributed by atoms with Crippen molar-refractivity contribution in [1.82, 2.24) is 21.3 Å². The number of ketones is 1. The largest absolute Gasteiger partial charge is 0.484 e. The number of nitrogens with two attached hydrogens (primary N) is 1.